The van der Waals surface area contributed by atoms with Crippen LogP contribution in [0.4, 0.5) is 17.6 Å². The lowest BCUT2D eigenvalue weighted by molar-refractivity contribution is -0.141. The second kappa shape index (κ2) is 5.91. The molecule has 1 aromatic carbocycles. The maximum Gasteiger partial charge on any atom is 0.433 e. The fraction of sp³-hybridized carbons (Fsp3) is 0.278. The fourth-order valence-corrected chi connectivity index (χ4v) is 3.81. The Kier molecular flexibility index (Phi) is 3.67. The maximum atomic E-state index is 13.5. The van der Waals surface area contributed by atoms with Gasteiger partial charge in [0.05, 0.1) is 22.4 Å². The molecule has 1 aliphatic carbocycles. The van der Waals surface area contributed by atoms with Crippen LogP contribution in [0.5, 0.6) is 0 Å². The van der Waals surface area contributed by atoms with Crippen molar-refractivity contribution in [3.8, 4) is 5.69 Å². The molecule has 1 N–H and O–H groups in total. The van der Waals surface area contributed by atoms with E-state index in [-0.39, 0.29) is 24.4 Å². The van der Waals surface area contributed by atoms with E-state index in [1.807, 2.05) is 0 Å². The summed E-state index contributed by atoms with van der Waals surface area (Å²) in [6.07, 6.45) is -3.40. The number of aromatic nitrogens is 5. The van der Waals surface area contributed by atoms with Gasteiger partial charge in [-0.2, -0.15) is 18.3 Å². The lowest BCUT2D eigenvalue weighted by Gasteiger charge is -2.29. The molecule has 0 aliphatic heterocycles. The van der Waals surface area contributed by atoms with Gasteiger partial charge in [-0.1, -0.05) is 11.6 Å². The molecule has 0 unspecified atom stereocenters. The highest BCUT2D eigenvalue weighted by atomic mass is 35.5. The Morgan fingerprint density at radius 3 is 2.64 bits per heavy atom. The number of pyridine rings is 1. The molecular formula is C18H12ClF4N5. The van der Waals surface area contributed by atoms with Gasteiger partial charge in [-0.15, -0.1) is 0 Å². The minimum Gasteiger partial charge on any atom is -0.280 e. The molecule has 3 aromatic heterocycles. The summed E-state index contributed by atoms with van der Waals surface area (Å²) in [7, 11) is 0. The molecule has 144 valence electrons. The summed E-state index contributed by atoms with van der Waals surface area (Å²) < 4.78 is 54.6. The van der Waals surface area contributed by atoms with Gasteiger partial charge >= 0.3 is 6.18 Å². The van der Waals surface area contributed by atoms with Crippen LogP contribution in [0.2, 0.25) is 5.02 Å². The van der Waals surface area contributed by atoms with Crippen molar-refractivity contribution in [3.63, 3.8) is 0 Å². The first-order valence-corrected chi connectivity index (χ1v) is 8.92. The highest BCUT2D eigenvalue weighted by Crippen LogP contribution is 2.41. The fourth-order valence-electron chi connectivity index (χ4n) is 3.55. The molecule has 0 spiro atoms. The van der Waals surface area contributed by atoms with Crippen LogP contribution < -0.4 is 0 Å². The van der Waals surface area contributed by atoms with Gasteiger partial charge in [0.2, 0.25) is 0 Å². The van der Waals surface area contributed by atoms with Gasteiger partial charge in [0.25, 0.3) is 0 Å². The van der Waals surface area contributed by atoms with Crippen LogP contribution in [0.15, 0.2) is 30.5 Å². The van der Waals surface area contributed by atoms with Crippen molar-refractivity contribution < 1.29 is 17.6 Å². The molecule has 0 saturated heterocycles. The van der Waals surface area contributed by atoms with E-state index in [1.165, 1.54) is 6.07 Å². The number of alkyl halides is 4. The van der Waals surface area contributed by atoms with Crippen molar-refractivity contribution in [2.75, 3.05) is 0 Å². The molecule has 5 nitrogen and oxygen atoms in total. The van der Waals surface area contributed by atoms with Gasteiger partial charge in [-0.05, 0) is 37.1 Å². The predicted octanol–water partition coefficient (Wildman–Crippen LogP) is 5.18. The summed E-state index contributed by atoms with van der Waals surface area (Å²) in [5, 5.41) is 7.77. The third-order valence-electron chi connectivity index (χ3n) is 5.01. The summed E-state index contributed by atoms with van der Waals surface area (Å²) in [5.41, 5.74) is 0.484. The van der Waals surface area contributed by atoms with Gasteiger partial charge < -0.3 is 0 Å². The molecule has 1 saturated carbocycles. The van der Waals surface area contributed by atoms with Crippen molar-refractivity contribution in [1.29, 1.82) is 0 Å². The first-order valence-electron chi connectivity index (χ1n) is 8.55. The summed E-state index contributed by atoms with van der Waals surface area (Å²) >= 11 is 6.31. The van der Waals surface area contributed by atoms with E-state index in [0.29, 0.717) is 33.0 Å². The number of fused-ring (bicyclic) bond motifs is 2. The second-order valence-corrected chi connectivity index (χ2v) is 7.28. The third kappa shape index (κ3) is 2.64. The van der Waals surface area contributed by atoms with Crippen LogP contribution in [0.1, 0.15) is 30.3 Å². The van der Waals surface area contributed by atoms with Gasteiger partial charge in [-0.3, -0.25) is 9.67 Å². The molecule has 0 bridgehead atoms. The van der Waals surface area contributed by atoms with Gasteiger partial charge in [0, 0.05) is 11.3 Å². The predicted molar refractivity (Wildman–Crippen MR) is 95.4 cm³/mol. The smallest absolute Gasteiger partial charge is 0.280 e. The lowest BCUT2D eigenvalue weighted by Crippen LogP contribution is -2.25. The number of hydrogen-bond acceptors (Lipinski definition) is 3. The van der Waals surface area contributed by atoms with E-state index in [2.05, 4.69) is 20.2 Å². The molecule has 3 heterocycles. The highest BCUT2D eigenvalue weighted by Gasteiger charge is 2.36. The number of halogens is 5. The van der Waals surface area contributed by atoms with Crippen LogP contribution in [0.3, 0.4) is 0 Å². The number of nitrogens with zero attached hydrogens (tertiary/aromatic N) is 4. The monoisotopic (exact) mass is 409 g/mol. The largest absolute Gasteiger partial charge is 0.433 e. The average Bonchev–Trinajstić information content (AvgIpc) is 3.21. The molecule has 5 rings (SSSR count). The topological polar surface area (TPSA) is 59.4 Å². The van der Waals surface area contributed by atoms with E-state index in [9.17, 15) is 17.6 Å². The van der Waals surface area contributed by atoms with E-state index in [0.717, 1.165) is 6.07 Å². The number of benzene rings is 1. The quantitative estimate of drug-likeness (QED) is 0.464. The molecule has 0 atom stereocenters. The first kappa shape index (κ1) is 17.4. The van der Waals surface area contributed by atoms with Crippen molar-refractivity contribution in [2.24, 2.45) is 0 Å². The normalized spacial score (nSPS) is 20.0. The Labute approximate surface area is 160 Å². The Morgan fingerprint density at radius 2 is 1.93 bits per heavy atom. The second-order valence-electron chi connectivity index (χ2n) is 6.87. The zero-order valence-corrected chi connectivity index (χ0v) is 14.9. The maximum absolute atomic E-state index is 13.5. The van der Waals surface area contributed by atoms with Gasteiger partial charge in [0.15, 0.2) is 5.65 Å². The van der Waals surface area contributed by atoms with Crippen LogP contribution in [0.25, 0.3) is 27.8 Å². The van der Waals surface area contributed by atoms with Crippen LogP contribution >= 0.6 is 11.6 Å². The number of H-pyrrole nitrogens is 1. The molecule has 1 fully saturated rings. The number of imidazole rings is 1. The molecule has 1 aliphatic rings. The van der Waals surface area contributed by atoms with Gasteiger partial charge in [-0.25, -0.2) is 14.4 Å². The zero-order valence-electron chi connectivity index (χ0n) is 14.1. The van der Waals surface area contributed by atoms with E-state index in [1.54, 1.807) is 22.9 Å². The summed E-state index contributed by atoms with van der Waals surface area (Å²) in [4.78, 5) is 8.28. The Morgan fingerprint density at radius 1 is 1.14 bits per heavy atom. The minimum absolute atomic E-state index is 0.0612. The van der Waals surface area contributed by atoms with Crippen molar-refractivity contribution in [1.82, 2.24) is 24.7 Å². The third-order valence-corrected chi connectivity index (χ3v) is 5.31. The molecule has 10 heteroatoms. The molecular weight excluding hydrogens is 398 g/mol. The highest BCUT2D eigenvalue weighted by molar-refractivity contribution is 6.35. The minimum atomic E-state index is -4.59. The molecule has 0 radical (unpaired) electrons. The molecule has 28 heavy (non-hydrogen) atoms. The summed E-state index contributed by atoms with van der Waals surface area (Å²) in [6.45, 7) is 0. The van der Waals surface area contributed by atoms with Gasteiger partial charge in [0.1, 0.15) is 23.2 Å². The lowest BCUT2D eigenvalue weighted by atomic mass is 9.83. The SMILES string of the molecule is FC(F)(F)c1ccc2nc([C@H]3C[C@@H](F)C3)n(-c3cc(Cl)c4[nH]ncc4c3)c2n1. The number of nitrogens with one attached hydrogen (secondary N) is 1. The number of hydrogen-bond donors (Lipinski definition) is 1. The molecule has 4 aromatic rings. The summed E-state index contributed by atoms with van der Waals surface area (Å²) in [6, 6.07) is 5.53. The van der Waals surface area contributed by atoms with E-state index < -0.39 is 18.0 Å². The van der Waals surface area contributed by atoms with Crippen LogP contribution in [0, 0.1) is 0 Å². The Hall–Kier alpha value is -2.68. The Bertz CT molecular complexity index is 1210. The Balaban J connectivity index is 1.79. The van der Waals surface area contributed by atoms with Crippen LogP contribution in [-0.2, 0) is 6.18 Å². The van der Waals surface area contributed by atoms with Crippen molar-refractivity contribution >= 4 is 33.7 Å². The average molecular weight is 410 g/mol. The van der Waals surface area contributed by atoms with Crippen LogP contribution in [-0.4, -0.2) is 30.9 Å². The number of rotatable bonds is 2. The molecule has 0 amide bonds. The van der Waals surface area contributed by atoms with E-state index >= 15 is 0 Å². The van der Waals surface area contributed by atoms with Crippen molar-refractivity contribution in [3.05, 3.63) is 47.0 Å². The standard InChI is InChI=1S/C18H12ClF4N5/c19-12-6-11(5-9-7-24-27-15(9)12)28-16(8-3-10(20)4-8)25-13-1-2-14(18(21,22)23)26-17(13)28/h1-2,5-8,10H,3-4H2,(H,24,27)/t8-,10+. The zero-order chi connectivity index (χ0) is 19.6. The first-order chi connectivity index (χ1) is 13.3. The summed E-state index contributed by atoms with van der Waals surface area (Å²) in [5.74, 6) is 0.284. The van der Waals surface area contributed by atoms with E-state index in [4.69, 9.17) is 11.6 Å². The number of aromatic amines is 1. The van der Waals surface area contributed by atoms with Crippen molar-refractivity contribution in [2.45, 2.75) is 31.1 Å².